The van der Waals surface area contributed by atoms with Crippen molar-refractivity contribution < 1.29 is 0 Å². The monoisotopic (exact) mass is 307 g/mol. The van der Waals surface area contributed by atoms with Crippen molar-refractivity contribution in [1.82, 2.24) is 15.0 Å². The van der Waals surface area contributed by atoms with E-state index in [0.717, 1.165) is 28.0 Å². The van der Waals surface area contributed by atoms with E-state index in [-0.39, 0.29) is 10.8 Å². The van der Waals surface area contributed by atoms with Gasteiger partial charge in [-0.1, -0.05) is 53.7 Å². The van der Waals surface area contributed by atoms with Crippen molar-refractivity contribution in [3.63, 3.8) is 0 Å². The van der Waals surface area contributed by atoms with E-state index >= 15 is 0 Å². The van der Waals surface area contributed by atoms with Crippen molar-refractivity contribution in [3.05, 3.63) is 48.0 Å². The van der Waals surface area contributed by atoms with Gasteiger partial charge in [-0.25, -0.2) is 4.98 Å². The number of benzene rings is 1. The van der Waals surface area contributed by atoms with Crippen molar-refractivity contribution in [2.45, 2.75) is 52.4 Å². The average molecular weight is 307 g/mol. The first-order chi connectivity index (χ1) is 10.6. The number of nitrogens with one attached hydrogen (secondary N) is 1. The van der Waals surface area contributed by atoms with E-state index in [4.69, 9.17) is 0 Å². The molecule has 0 saturated carbocycles. The van der Waals surface area contributed by atoms with Crippen LogP contribution in [0.3, 0.4) is 0 Å². The fourth-order valence-corrected chi connectivity index (χ4v) is 2.58. The molecule has 0 aliphatic rings. The van der Waals surface area contributed by atoms with Gasteiger partial charge in [0.05, 0.1) is 17.4 Å². The van der Waals surface area contributed by atoms with Crippen molar-refractivity contribution >= 4 is 10.9 Å². The van der Waals surface area contributed by atoms with Crippen molar-refractivity contribution in [2.75, 3.05) is 0 Å². The predicted molar refractivity (Wildman–Crippen MR) is 96.7 cm³/mol. The molecule has 0 unspecified atom stereocenters. The van der Waals surface area contributed by atoms with Crippen LogP contribution in [0, 0.1) is 0 Å². The second kappa shape index (κ2) is 5.19. The number of aromatic nitrogens is 3. The van der Waals surface area contributed by atoms with Crippen molar-refractivity contribution in [3.8, 4) is 11.3 Å². The summed E-state index contributed by atoms with van der Waals surface area (Å²) in [4.78, 5) is 12.6. The summed E-state index contributed by atoms with van der Waals surface area (Å²) in [6.07, 6.45) is 3.82. The SMILES string of the molecule is CC(C)(C)c1ccc2cc(-c3cnc(C(C)(C)C)[nH]3)cnc2c1. The van der Waals surface area contributed by atoms with Crippen LogP contribution in [0.25, 0.3) is 22.2 Å². The number of aromatic amines is 1. The van der Waals surface area contributed by atoms with Gasteiger partial charge in [-0.3, -0.25) is 4.98 Å². The molecule has 0 saturated heterocycles. The van der Waals surface area contributed by atoms with Crippen LogP contribution < -0.4 is 0 Å². The van der Waals surface area contributed by atoms with Gasteiger partial charge in [0.25, 0.3) is 0 Å². The van der Waals surface area contributed by atoms with E-state index in [1.54, 1.807) is 0 Å². The Morgan fingerprint density at radius 3 is 2.17 bits per heavy atom. The molecule has 0 fully saturated rings. The number of imidazole rings is 1. The molecular formula is C20H25N3. The van der Waals surface area contributed by atoms with Gasteiger partial charge in [0.1, 0.15) is 5.82 Å². The Bertz CT molecular complexity index is 845. The second-order valence-corrected chi connectivity index (χ2v) is 8.28. The first-order valence-corrected chi connectivity index (χ1v) is 8.11. The van der Waals surface area contributed by atoms with Crippen LogP contribution in [-0.4, -0.2) is 15.0 Å². The number of H-pyrrole nitrogens is 1. The number of rotatable bonds is 1. The van der Waals surface area contributed by atoms with Gasteiger partial charge in [0.15, 0.2) is 0 Å². The van der Waals surface area contributed by atoms with Gasteiger partial charge >= 0.3 is 0 Å². The third-order valence-electron chi connectivity index (χ3n) is 4.15. The minimum absolute atomic E-state index is 0.0180. The highest BCUT2D eigenvalue weighted by Crippen LogP contribution is 2.28. The standard InChI is InChI=1S/C20H25N3/c1-19(2,3)15-8-7-13-9-14(11-21-16(13)10-15)17-12-22-18(23-17)20(4,5)6/h7-12H,1-6H3,(H,22,23). The highest BCUT2D eigenvalue weighted by atomic mass is 14.9. The molecule has 23 heavy (non-hydrogen) atoms. The minimum Gasteiger partial charge on any atom is -0.342 e. The molecule has 3 rings (SSSR count). The molecule has 1 aromatic carbocycles. The Balaban J connectivity index is 2.02. The third-order valence-corrected chi connectivity index (χ3v) is 4.15. The summed E-state index contributed by atoms with van der Waals surface area (Å²) in [5.41, 5.74) is 4.59. The molecule has 1 N–H and O–H groups in total. The number of hydrogen-bond acceptors (Lipinski definition) is 2. The van der Waals surface area contributed by atoms with Crippen LogP contribution in [0.5, 0.6) is 0 Å². The van der Waals surface area contributed by atoms with Gasteiger partial charge in [-0.15, -0.1) is 0 Å². The van der Waals surface area contributed by atoms with Gasteiger partial charge in [-0.05, 0) is 23.1 Å². The molecule has 0 aliphatic heterocycles. The lowest BCUT2D eigenvalue weighted by atomic mass is 9.86. The molecule has 0 spiro atoms. The number of pyridine rings is 1. The topological polar surface area (TPSA) is 41.6 Å². The maximum Gasteiger partial charge on any atom is 0.111 e. The van der Waals surface area contributed by atoms with E-state index in [9.17, 15) is 0 Å². The van der Waals surface area contributed by atoms with Crippen LogP contribution in [0.2, 0.25) is 0 Å². The van der Waals surface area contributed by atoms with E-state index in [0.29, 0.717) is 0 Å². The quantitative estimate of drug-likeness (QED) is 0.669. The highest BCUT2D eigenvalue weighted by molar-refractivity contribution is 5.83. The molecule has 3 nitrogen and oxygen atoms in total. The molecule has 0 bridgehead atoms. The zero-order valence-corrected chi connectivity index (χ0v) is 14.9. The highest BCUT2D eigenvalue weighted by Gasteiger charge is 2.18. The molecule has 120 valence electrons. The van der Waals surface area contributed by atoms with Crippen LogP contribution in [0.15, 0.2) is 36.7 Å². The minimum atomic E-state index is 0.0180. The lowest BCUT2D eigenvalue weighted by Gasteiger charge is -2.19. The van der Waals surface area contributed by atoms with E-state index in [1.165, 1.54) is 5.56 Å². The zero-order chi connectivity index (χ0) is 16.8. The molecule has 0 radical (unpaired) electrons. The molecule has 2 aromatic heterocycles. The maximum atomic E-state index is 4.66. The Kier molecular flexibility index (Phi) is 3.55. The Morgan fingerprint density at radius 2 is 1.57 bits per heavy atom. The molecule has 0 amide bonds. The summed E-state index contributed by atoms with van der Waals surface area (Å²) in [5, 5.41) is 1.16. The lowest BCUT2D eigenvalue weighted by Crippen LogP contribution is -2.13. The van der Waals surface area contributed by atoms with Crippen LogP contribution >= 0.6 is 0 Å². The summed E-state index contributed by atoms with van der Waals surface area (Å²) in [5.74, 6) is 0.996. The summed E-state index contributed by atoms with van der Waals surface area (Å²) in [6, 6.07) is 8.72. The van der Waals surface area contributed by atoms with Crippen LogP contribution in [0.1, 0.15) is 52.9 Å². The van der Waals surface area contributed by atoms with Crippen molar-refractivity contribution in [1.29, 1.82) is 0 Å². The zero-order valence-electron chi connectivity index (χ0n) is 14.9. The Morgan fingerprint density at radius 1 is 0.826 bits per heavy atom. The smallest absolute Gasteiger partial charge is 0.111 e. The summed E-state index contributed by atoms with van der Waals surface area (Å²) < 4.78 is 0. The van der Waals surface area contributed by atoms with Gasteiger partial charge in [-0.2, -0.15) is 0 Å². The third kappa shape index (κ3) is 3.14. The molecule has 2 heterocycles. The maximum absolute atomic E-state index is 4.66. The predicted octanol–water partition coefficient (Wildman–Crippen LogP) is 5.22. The van der Waals surface area contributed by atoms with Gasteiger partial charge in [0.2, 0.25) is 0 Å². The van der Waals surface area contributed by atoms with E-state index in [1.807, 2.05) is 12.4 Å². The fraction of sp³-hybridized carbons (Fsp3) is 0.400. The van der Waals surface area contributed by atoms with Gasteiger partial charge < -0.3 is 4.98 Å². The van der Waals surface area contributed by atoms with E-state index in [2.05, 4.69) is 80.8 Å². The molecule has 3 aromatic rings. The Hall–Kier alpha value is -2.16. The van der Waals surface area contributed by atoms with Gasteiger partial charge in [0, 0.05) is 22.6 Å². The average Bonchev–Trinajstić information content (AvgIpc) is 2.95. The molecule has 0 atom stereocenters. The van der Waals surface area contributed by atoms with Crippen LogP contribution in [0.4, 0.5) is 0 Å². The lowest BCUT2D eigenvalue weighted by molar-refractivity contribution is 0.553. The summed E-state index contributed by atoms with van der Waals surface area (Å²) in [6.45, 7) is 13.1. The fourth-order valence-electron chi connectivity index (χ4n) is 2.58. The molecule has 0 aliphatic carbocycles. The normalized spacial score (nSPS) is 12.8. The number of hydrogen-bond donors (Lipinski definition) is 1. The summed E-state index contributed by atoms with van der Waals surface area (Å²) in [7, 11) is 0. The molecule has 3 heteroatoms. The van der Waals surface area contributed by atoms with E-state index < -0.39 is 0 Å². The number of fused-ring (bicyclic) bond motifs is 1. The summed E-state index contributed by atoms with van der Waals surface area (Å²) >= 11 is 0. The first-order valence-electron chi connectivity index (χ1n) is 8.11. The number of nitrogens with zero attached hydrogens (tertiary/aromatic N) is 2. The van der Waals surface area contributed by atoms with Crippen molar-refractivity contribution in [2.24, 2.45) is 0 Å². The Labute approximate surface area is 138 Å². The van der Waals surface area contributed by atoms with Crippen LogP contribution in [-0.2, 0) is 10.8 Å². The largest absolute Gasteiger partial charge is 0.342 e. The molecular weight excluding hydrogens is 282 g/mol. The first kappa shape index (κ1) is 15.7. The second-order valence-electron chi connectivity index (χ2n) is 8.28.